The lowest BCUT2D eigenvalue weighted by atomic mass is 10.1. The van der Waals surface area contributed by atoms with Gasteiger partial charge in [0, 0.05) is 37.4 Å². The highest BCUT2D eigenvalue weighted by Gasteiger charge is 2.30. The summed E-state index contributed by atoms with van der Waals surface area (Å²) in [5.41, 5.74) is 3.75. The van der Waals surface area contributed by atoms with Gasteiger partial charge in [-0.15, -0.1) is 0 Å². The summed E-state index contributed by atoms with van der Waals surface area (Å²) in [5, 5.41) is 9.44. The Morgan fingerprint density at radius 2 is 1.80 bits per heavy atom. The van der Waals surface area contributed by atoms with Gasteiger partial charge in [0.05, 0.1) is 12.1 Å². The Kier molecular flexibility index (Phi) is 8.30. The van der Waals surface area contributed by atoms with E-state index in [2.05, 4.69) is 22.0 Å². The Balaban J connectivity index is 1.16. The van der Waals surface area contributed by atoms with Gasteiger partial charge in [-0.3, -0.25) is 9.69 Å². The fraction of sp³-hybridized carbons (Fsp3) is 0.290. The number of hydrogen-bond donors (Lipinski definition) is 1. The number of alkyl halides is 3. The van der Waals surface area contributed by atoms with Crippen LogP contribution in [0.4, 0.5) is 18.9 Å². The van der Waals surface area contributed by atoms with E-state index in [9.17, 15) is 23.1 Å². The number of aliphatic carboxylic acids is 1. The fourth-order valence-electron chi connectivity index (χ4n) is 4.89. The maximum Gasteiger partial charge on any atom is 0.416 e. The van der Waals surface area contributed by atoms with E-state index in [0.717, 1.165) is 37.2 Å². The van der Waals surface area contributed by atoms with Crippen molar-refractivity contribution in [2.75, 3.05) is 31.1 Å². The molecule has 1 aliphatic rings. The van der Waals surface area contributed by atoms with Crippen LogP contribution in [0.2, 0.25) is 0 Å². The summed E-state index contributed by atoms with van der Waals surface area (Å²) in [5.74, 6) is 0.471. The van der Waals surface area contributed by atoms with Gasteiger partial charge in [-0.25, -0.2) is 4.98 Å². The molecule has 0 saturated heterocycles. The summed E-state index contributed by atoms with van der Waals surface area (Å²) in [6.07, 6.45) is -3.41. The predicted octanol–water partition coefficient (Wildman–Crippen LogP) is 6.20. The molecular formula is C31H30F3N3O4. The van der Waals surface area contributed by atoms with E-state index in [1.165, 1.54) is 23.4 Å². The largest absolute Gasteiger partial charge is 0.487 e. The topological polar surface area (TPSA) is 79.0 Å². The van der Waals surface area contributed by atoms with E-state index in [4.69, 9.17) is 9.15 Å². The molecule has 4 aromatic rings. The molecule has 0 bridgehead atoms. The van der Waals surface area contributed by atoms with Gasteiger partial charge >= 0.3 is 12.1 Å². The van der Waals surface area contributed by atoms with Crippen molar-refractivity contribution in [3.05, 3.63) is 101 Å². The van der Waals surface area contributed by atoms with Crippen molar-refractivity contribution in [2.24, 2.45) is 0 Å². The molecule has 0 spiro atoms. The second-order valence-corrected chi connectivity index (χ2v) is 10.00. The van der Waals surface area contributed by atoms with Gasteiger partial charge in [0.15, 0.2) is 0 Å². The van der Waals surface area contributed by atoms with Crippen LogP contribution >= 0.6 is 0 Å². The number of nitrogens with zero attached hydrogens (tertiary/aromatic N) is 3. The Labute approximate surface area is 235 Å². The minimum atomic E-state index is -4.41. The molecular weight excluding hydrogens is 535 g/mol. The number of fused-ring (bicyclic) bond motifs is 1. The number of oxazole rings is 1. The van der Waals surface area contributed by atoms with Crippen molar-refractivity contribution < 1.29 is 32.2 Å². The van der Waals surface area contributed by atoms with E-state index >= 15 is 0 Å². The normalized spacial score (nSPS) is 13.0. The van der Waals surface area contributed by atoms with E-state index < -0.39 is 17.7 Å². The van der Waals surface area contributed by atoms with Crippen LogP contribution in [0.15, 0.2) is 77.2 Å². The molecule has 3 aromatic carbocycles. The van der Waals surface area contributed by atoms with Gasteiger partial charge in [0.2, 0.25) is 5.89 Å². The van der Waals surface area contributed by atoms with E-state index in [0.29, 0.717) is 35.9 Å². The highest BCUT2D eigenvalue weighted by Crippen LogP contribution is 2.31. The molecule has 0 amide bonds. The van der Waals surface area contributed by atoms with Gasteiger partial charge in [-0.2, -0.15) is 13.2 Å². The Morgan fingerprint density at radius 3 is 2.51 bits per heavy atom. The van der Waals surface area contributed by atoms with E-state index in [-0.39, 0.29) is 19.0 Å². The SMILES string of the molecule is Cc1oc(-c2ccc(C(F)(F)F)cc2)nc1COc1ccc(CN(CCN2CCc3ccccc32)CC(=O)O)cc1. The second kappa shape index (κ2) is 12.1. The molecule has 7 nitrogen and oxygen atoms in total. The number of aromatic nitrogens is 1. The van der Waals surface area contributed by atoms with Crippen LogP contribution in [0.3, 0.4) is 0 Å². The quantitative estimate of drug-likeness (QED) is 0.232. The molecule has 0 fully saturated rings. The average Bonchev–Trinajstić information content (AvgIpc) is 3.53. The summed E-state index contributed by atoms with van der Waals surface area (Å²) in [4.78, 5) is 20.1. The highest BCUT2D eigenvalue weighted by atomic mass is 19.4. The number of rotatable bonds is 11. The molecule has 2 heterocycles. The first-order valence-corrected chi connectivity index (χ1v) is 13.3. The summed E-state index contributed by atoms with van der Waals surface area (Å²) in [6.45, 7) is 4.57. The number of benzene rings is 3. The average molecular weight is 566 g/mol. The molecule has 0 radical (unpaired) electrons. The van der Waals surface area contributed by atoms with Crippen molar-refractivity contribution in [3.63, 3.8) is 0 Å². The second-order valence-electron chi connectivity index (χ2n) is 10.00. The molecule has 5 rings (SSSR count). The summed E-state index contributed by atoms with van der Waals surface area (Å²) in [6, 6.07) is 20.4. The van der Waals surface area contributed by atoms with Crippen molar-refractivity contribution in [1.82, 2.24) is 9.88 Å². The third-order valence-electron chi connectivity index (χ3n) is 7.09. The number of para-hydroxylation sites is 1. The zero-order valence-electron chi connectivity index (χ0n) is 22.5. The van der Waals surface area contributed by atoms with Crippen LogP contribution in [-0.4, -0.2) is 47.1 Å². The van der Waals surface area contributed by atoms with Crippen molar-refractivity contribution in [1.29, 1.82) is 0 Å². The third-order valence-corrected chi connectivity index (χ3v) is 7.09. The van der Waals surface area contributed by atoms with Gasteiger partial charge in [0.1, 0.15) is 23.8 Å². The van der Waals surface area contributed by atoms with Gasteiger partial charge in [-0.05, 0) is 66.9 Å². The van der Waals surface area contributed by atoms with Crippen molar-refractivity contribution in [2.45, 2.75) is 32.7 Å². The van der Waals surface area contributed by atoms with Gasteiger partial charge in [-0.1, -0.05) is 30.3 Å². The zero-order valence-corrected chi connectivity index (χ0v) is 22.5. The minimum Gasteiger partial charge on any atom is -0.487 e. The van der Waals surface area contributed by atoms with Crippen LogP contribution in [0.1, 0.15) is 28.1 Å². The van der Waals surface area contributed by atoms with Crippen LogP contribution in [0.5, 0.6) is 5.75 Å². The Hall–Kier alpha value is -4.31. The molecule has 214 valence electrons. The molecule has 41 heavy (non-hydrogen) atoms. The summed E-state index contributed by atoms with van der Waals surface area (Å²) in [7, 11) is 0. The molecule has 0 unspecified atom stereocenters. The smallest absolute Gasteiger partial charge is 0.416 e. The zero-order chi connectivity index (χ0) is 29.0. The molecule has 1 aliphatic heterocycles. The maximum atomic E-state index is 12.8. The van der Waals surface area contributed by atoms with Crippen molar-refractivity contribution >= 4 is 11.7 Å². The summed E-state index contributed by atoms with van der Waals surface area (Å²) >= 11 is 0. The number of carboxylic acids is 1. The van der Waals surface area contributed by atoms with Crippen LogP contribution in [-0.2, 0) is 30.5 Å². The molecule has 1 N–H and O–H groups in total. The van der Waals surface area contributed by atoms with Gasteiger partial charge < -0.3 is 19.2 Å². The molecule has 0 saturated carbocycles. The number of halogens is 3. The molecule has 0 atom stereocenters. The fourth-order valence-corrected chi connectivity index (χ4v) is 4.89. The monoisotopic (exact) mass is 565 g/mol. The highest BCUT2D eigenvalue weighted by molar-refractivity contribution is 5.69. The first kappa shape index (κ1) is 28.2. The molecule has 0 aliphatic carbocycles. The molecule has 10 heteroatoms. The number of carboxylic acid groups (broad SMARTS) is 1. The first-order chi connectivity index (χ1) is 19.7. The van der Waals surface area contributed by atoms with Crippen LogP contribution in [0.25, 0.3) is 11.5 Å². The lowest BCUT2D eigenvalue weighted by Gasteiger charge is -2.25. The first-order valence-electron chi connectivity index (χ1n) is 13.3. The summed E-state index contributed by atoms with van der Waals surface area (Å²) < 4.78 is 50.1. The number of ether oxygens (including phenoxy) is 1. The number of anilines is 1. The maximum absolute atomic E-state index is 12.8. The Morgan fingerprint density at radius 1 is 1.07 bits per heavy atom. The van der Waals surface area contributed by atoms with Crippen LogP contribution < -0.4 is 9.64 Å². The lowest BCUT2D eigenvalue weighted by molar-refractivity contribution is -0.139. The molecule has 1 aromatic heterocycles. The third kappa shape index (κ3) is 7.07. The van der Waals surface area contributed by atoms with Gasteiger partial charge in [0.25, 0.3) is 0 Å². The van der Waals surface area contributed by atoms with Crippen LogP contribution in [0, 0.1) is 6.92 Å². The Bertz CT molecular complexity index is 1480. The van der Waals surface area contributed by atoms with E-state index in [1.807, 2.05) is 41.3 Å². The van der Waals surface area contributed by atoms with Crippen molar-refractivity contribution in [3.8, 4) is 17.2 Å². The number of carbonyl (C=O) groups is 1. The number of aryl methyl sites for hydroxylation is 1. The minimum absolute atomic E-state index is 0.0551. The van der Waals surface area contributed by atoms with E-state index in [1.54, 1.807) is 6.92 Å². The number of hydrogen-bond acceptors (Lipinski definition) is 6. The standard InChI is InChI=1S/C31H30F3N3O4/c1-21-27(35-30(41-21)24-8-10-25(11-9-24)31(32,33)34)20-40-26-12-6-22(7-13-26)18-36(19-29(38)39)16-17-37-15-14-23-4-2-3-5-28(23)37/h2-13H,14-20H2,1H3,(H,38,39). The lowest BCUT2D eigenvalue weighted by Crippen LogP contribution is -2.37. The predicted molar refractivity (Wildman–Crippen MR) is 148 cm³/mol.